The zero-order valence-electron chi connectivity index (χ0n) is 15.8. The van der Waals surface area contributed by atoms with Crippen molar-refractivity contribution in [2.24, 2.45) is 0 Å². The number of rotatable bonds is 5. The molecule has 0 saturated carbocycles. The van der Waals surface area contributed by atoms with Crippen LogP contribution in [0.5, 0.6) is 11.5 Å². The first-order chi connectivity index (χ1) is 13.9. The molecule has 0 saturated heterocycles. The first-order valence-electron chi connectivity index (χ1n) is 8.73. The monoisotopic (exact) mass is 462 g/mol. The number of nitrogens with zero attached hydrogens (tertiary/aromatic N) is 1. The van der Waals surface area contributed by atoms with Crippen molar-refractivity contribution in [2.75, 3.05) is 32.2 Å². The van der Waals surface area contributed by atoms with Crippen LogP contribution >= 0.6 is 15.9 Å². The summed E-state index contributed by atoms with van der Waals surface area (Å²) in [5.74, 6) is -0.602. The van der Waals surface area contributed by atoms with Crippen LogP contribution in [0.25, 0.3) is 0 Å². The van der Waals surface area contributed by atoms with E-state index in [4.69, 9.17) is 14.2 Å². The highest BCUT2D eigenvalue weighted by atomic mass is 79.9. The van der Waals surface area contributed by atoms with Gasteiger partial charge in [-0.2, -0.15) is 0 Å². The van der Waals surface area contributed by atoms with Gasteiger partial charge in [0, 0.05) is 11.5 Å². The van der Waals surface area contributed by atoms with Gasteiger partial charge in [0.25, 0.3) is 11.8 Å². The van der Waals surface area contributed by atoms with E-state index in [9.17, 15) is 14.4 Å². The van der Waals surface area contributed by atoms with Crippen LogP contribution in [0.3, 0.4) is 0 Å². The minimum absolute atomic E-state index is 0.00985. The Morgan fingerprint density at radius 1 is 1.24 bits per heavy atom. The van der Waals surface area contributed by atoms with Gasteiger partial charge >= 0.3 is 5.97 Å². The van der Waals surface area contributed by atoms with Gasteiger partial charge in [0.1, 0.15) is 11.5 Å². The molecule has 2 aromatic rings. The third kappa shape index (κ3) is 4.51. The van der Waals surface area contributed by atoms with Crippen molar-refractivity contribution < 1.29 is 28.6 Å². The summed E-state index contributed by atoms with van der Waals surface area (Å²) >= 11 is 3.28. The standard InChI is InChI=1S/C20H19BrN2O6/c1-22-19(25)17-10-23(15-5-3-4-6-16(15)29-17)18(24)11-28-20(26)13-9-12(27-2)7-8-14(13)21/h3-9,17H,10-11H2,1-2H3,(H,22,25). The molecule has 3 rings (SSSR count). The lowest BCUT2D eigenvalue weighted by Gasteiger charge is -2.33. The van der Waals surface area contributed by atoms with Gasteiger partial charge in [-0.1, -0.05) is 12.1 Å². The molecule has 152 valence electrons. The van der Waals surface area contributed by atoms with E-state index in [2.05, 4.69) is 21.2 Å². The smallest absolute Gasteiger partial charge is 0.339 e. The molecule has 2 aromatic carbocycles. The number of nitrogens with one attached hydrogen (secondary N) is 1. The number of hydrogen-bond acceptors (Lipinski definition) is 6. The number of para-hydroxylation sites is 2. The predicted molar refractivity (Wildman–Crippen MR) is 108 cm³/mol. The third-order valence-corrected chi connectivity index (χ3v) is 5.03. The SMILES string of the molecule is CNC(=O)C1CN(C(=O)COC(=O)c2cc(OC)ccc2Br)c2ccccc2O1. The number of hydrogen-bond donors (Lipinski definition) is 1. The summed E-state index contributed by atoms with van der Waals surface area (Å²) < 4.78 is 16.5. The summed E-state index contributed by atoms with van der Waals surface area (Å²) in [6, 6.07) is 11.7. The van der Waals surface area contributed by atoms with Gasteiger partial charge < -0.3 is 24.4 Å². The molecule has 0 radical (unpaired) electrons. The van der Waals surface area contributed by atoms with Gasteiger partial charge in [0.2, 0.25) is 0 Å². The number of carbonyl (C=O) groups is 3. The number of amides is 2. The minimum atomic E-state index is -0.859. The van der Waals surface area contributed by atoms with Crippen molar-refractivity contribution in [2.45, 2.75) is 6.10 Å². The van der Waals surface area contributed by atoms with Crippen LogP contribution in [0.15, 0.2) is 46.9 Å². The van der Waals surface area contributed by atoms with Gasteiger partial charge in [-0.05, 0) is 46.3 Å². The lowest BCUT2D eigenvalue weighted by molar-refractivity contribution is -0.128. The lowest BCUT2D eigenvalue weighted by Crippen LogP contribution is -2.51. The van der Waals surface area contributed by atoms with Gasteiger partial charge in [-0.3, -0.25) is 9.59 Å². The van der Waals surface area contributed by atoms with E-state index in [1.54, 1.807) is 36.4 Å². The Kier molecular flexibility index (Phi) is 6.38. The summed E-state index contributed by atoms with van der Waals surface area (Å²) in [7, 11) is 2.98. The summed E-state index contributed by atoms with van der Waals surface area (Å²) in [6.45, 7) is -0.479. The van der Waals surface area contributed by atoms with Gasteiger partial charge in [-0.15, -0.1) is 0 Å². The van der Waals surface area contributed by atoms with Crippen molar-refractivity contribution in [1.29, 1.82) is 0 Å². The van der Waals surface area contributed by atoms with Crippen LogP contribution < -0.4 is 19.7 Å². The first kappa shape index (κ1) is 20.7. The highest BCUT2D eigenvalue weighted by Crippen LogP contribution is 2.33. The normalized spacial score (nSPS) is 15.0. The molecule has 1 aliphatic rings. The molecule has 0 fully saturated rings. The van der Waals surface area contributed by atoms with Crippen LogP contribution in [-0.2, 0) is 14.3 Å². The van der Waals surface area contributed by atoms with Gasteiger partial charge in [0.15, 0.2) is 12.7 Å². The second kappa shape index (κ2) is 8.95. The van der Waals surface area contributed by atoms with Gasteiger partial charge in [-0.25, -0.2) is 4.79 Å². The number of anilines is 1. The topological polar surface area (TPSA) is 94.2 Å². The van der Waals surface area contributed by atoms with Crippen LogP contribution in [0.1, 0.15) is 10.4 Å². The molecule has 0 aromatic heterocycles. The molecule has 1 aliphatic heterocycles. The molecular formula is C20H19BrN2O6. The van der Waals surface area contributed by atoms with Crippen molar-refractivity contribution in [1.82, 2.24) is 5.32 Å². The van der Waals surface area contributed by atoms with E-state index in [0.717, 1.165) is 0 Å². The van der Waals surface area contributed by atoms with E-state index in [-0.39, 0.29) is 18.0 Å². The van der Waals surface area contributed by atoms with Crippen LogP contribution in [0.2, 0.25) is 0 Å². The molecule has 1 heterocycles. The van der Waals surface area contributed by atoms with Crippen molar-refractivity contribution in [3.63, 3.8) is 0 Å². The van der Waals surface area contributed by atoms with Crippen molar-refractivity contribution >= 4 is 39.4 Å². The van der Waals surface area contributed by atoms with Crippen molar-refractivity contribution in [3.05, 3.63) is 52.5 Å². The lowest BCUT2D eigenvalue weighted by atomic mass is 10.1. The quantitative estimate of drug-likeness (QED) is 0.684. The highest BCUT2D eigenvalue weighted by Gasteiger charge is 2.33. The molecule has 0 aliphatic carbocycles. The van der Waals surface area contributed by atoms with Gasteiger partial charge in [0.05, 0.1) is 24.9 Å². The van der Waals surface area contributed by atoms with E-state index in [1.807, 2.05) is 0 Å². The molecule has 1 unspecified atom stereocenters. The van der Waals surface area contributed by atoms with E-state index < -0.39 is 24.6 Å². The summed E-state index contributed by atoms with van der Waals surface area (Å²) in [4.78, 5) is 38.6. The van der Waals surface area contributed by atoms with E-state index >= 15 is 0 Å². The molecule has 2 amide bonds. The minimum Gasteiger partial charge on any atom is -0.497 e. The fourth-order valence-corrected chi connectivity index (χ4v) is 3.25. The molecule has 9 heteroatoms. The Labute approximate surface area is 175 Å². The third-order valence-electron chi connectivity index (χ3n) is 4.33. The number of ether oxygens (including phenoxy) is 3. The number of esters is 1. The summed E-state index contributed by atoms with van der Waals surface area (Å²) in [5, 5.41) is 2.51. The summed E-state index contributed by atoms with van der Waals surface area (Å²) in [6.07, 6.45) is -0.859. The fraction of sp³-hybridized carbons (Fsp3) is 0.250. The molecule has 0 bridgehead atoms. The molecule has 1 atom stereocenters. The number of halogens is 1. The number of benzene rings is 2. The van der Waals surface area contributed by atoms with E-state index in [1.165, 1.54) is 25.1 Å². The highest BCUT2D eigenvalue weighted by molar-refractivity contribution is 9.10. The second-order valence-corrected chi connectivity index (χ2v) is 6.97. The Morgan fingerprint density at radius 3 is 2.72 bits per heavy atom. The number of methoxy groups -OCH3 is 1. The Hall–Kier alpha value is -3.07. The zero-order chi connectivity index (χ0) is 21.0. The maximum Gasteiger partial charge on any atom is 0.339 e. The number of carbonyl (C=O) groups excluding carboxylic acids is 3. The Balaban J connectivity index is 1.74. The summed E-state index contributed by atoms with van der Waals surface area (Å²) in [5.41, 5.74) is 0.749. The molecule has 0 spiro atoms. The second-order valence-electron chi connectivity index (χ2n) is 6.11. The average molecular weight is 463 g/mol. The molecular weight excluding hydrogens is 444 g/mol. The fourth-order valence-electron chi connectivity index (χ4n) is 2.84. The Bertz CT molecular complexity index is 948. The maximum atomic E-state index is 12.8. The van der Waals surface area contributed by atoms with Crippen molar-refractivity contribution in [3.8, 4) is 11.5 Å². The molecule has 1 N–H and O–H groups in total. The zero-order valence-corrected chi connectivity index (χ0v) is 17.4. The van der Waals surface area contributed by atoms with Crippen LogP contribution in [0, 0.1) is 0 Å². The number of fused-ring (bicyclic) bond motifs is 1. The van der Waals surface area contributed by atoms with Crippen LogP contribution in [0.4, 0.5) is 5.69 Å². The van der Waals surface area contributed by atoms with E-state index in [0.29, 0.717) is 21.7 Å². The predicted octanol–water partition coefficient (Wildman–Crippen LogP) is 2.15. The largest absolute Gasteiger partial charge is 0.497 e. The molecule has 8 nitrogen and oxygen atoms in total. The average Bonchev–Trinajstić information content (AvgIpc) is 2.76. The first-order valence-corrected chi connectivity index (χ1v) is 9.52. The number of likely N-dealkylation sites (N-methyl/N-ethyl adjacent to an activating group) is 1. The van der Waals surface area contributed by atoms with Crippen LogP contribution in [-0.4, -0.2) is 51.2 Å². The Morgan fingerprint density at radius 2 is 2.00 bits per heavy atom. The molecule has 29 heavy (non-hydrogen) atoms. The maximum absolute atomic E-state index is 12.8.